The highest BCUT2D eigenvalue weighted by atomic mass is 32.2. The third-order valence-electron chi connectivity index (χ3n) is 12.8. The van der Waals surface area contributed by atoms with Crippen molar-refractivity contribution < 1.29 is 0 Å². The van der Waals surface area contributed by atoms with E-state index in [0.717, 1.165) is 24.5 Å². The van der Waals surface area contributed by atoms with Crippen molar-refractivity contribution in [2.75, 3.05) is 0 Å². The molecule has 47 heavy (non-hydrogen) atoms. The lowest BCUT2D eigenvalue weighted by atomic mass is 9.62. The first-order valence-corrected chi connectivity index (χ1v) is 20.6. The van der Waals surface area contributed by atoms with Gasteiger partial charge in [0.05, 0.1) is 10.6 Å². The molecular weight excluding hydrogens is 607 g/mol. The molecule has 0 bridgehead atoms. The number of hydrogen-bond donors (Lipinski definition) is 0. The van der Waals surface area contributed by atoms with Crippen molar-refractivity contribution in [3.05, 3.63) is 122 Å². The van der Waals surface area contributed by atoms with E-state index >= 15 is 0 Å². The largest absolute Gasteiger partial charge is 0.313 e. The third-order valence-corrected chi connectivity index (χ3v) is 15.6. The first-order chi connectivity index (χ1) is 23.3. The molecule has 2 aromatic rings. The average molecular weight is 654 g/mol. The quantitative estimate of drug-likeness (QED) is 0.302. The Balaban J connectivity index is 1.11. The van der Waals surface area contributed by atoms with Crippen LogP contribution in [-0.2, 0) is 6.42 Å². The number of thioether (sulfide) groups is 1. The summed E-state index contributed by atoms with van der Waals surface area (Å²) in [7, 11) is 0. The minimum absolute atomic E-state index is 0.551. The van der Waals surface area contributed by atoms with E-state index in [1.165, 1.54) is 97.0 Å². The Morgan fingerprint density at radius 3 is 2.70 bits per heavy atom. The van der Waals surface area contributed by atoms with Gasteiger partial charge < -0.3 is 4.90 Å². The minimum Gasteiger partial charge on any atom is -0.313 e. The van der Waals surface area contributed by atoms with Crippen molar-refractivity contribution in [2.24, 2.45) is 29.6 Å². The summed E-state index contributed by atoms with van der Waals surface area (Å²) in [6.45, 7) is 0. The van der Waals surface area contributed by atoms with Crippen LogP contribution in [0.4, 0.5) is 0 Å². The van der Waals surface area contributed by atoms with Gasteiger partial charge in [-0.1, -0.05) is 83.5 Å². The highest BCUT2D eigenvalue weighted by Crippen LogP contribution is 2.60. The van der Waals surface area contributed by atoms with Gasteiger partial charge in [-0.25, -0.2) is 0 Å². The monoisotopic (exact) mass is 653 g/mol. The zero-order valence-electron chi connectivity index (χ0n) is 27.6. The molecule has 0 N–H and O–H groups in total. The van der Waals surface area contributed by atoms with Crippen LogP contribution in [0.25, 0.3) is 15.8 Å². The number of aryl methyl sites for hydroxylation is 1. The van der Waals surface area contributed by atoms with Crippen molar-refractivity contribution in [1.82, 2.24) is 4.90 Å². The number of benzene rings is 1. The van der Waals surface area contributed by atoms with Crippen LogP contribution in [0.5, 0.6) is 0 Å². The predicted octanol–water partition coefficient (Wildman–Crippen LogP) is 12.4. The molecule has 0 spiro atoms. The zero-order valence-corrected chi connectivity index (χ0v) is 29.3. The molecule has 3 heteroatoms. The number of thiophene rings is 1. The van der Waals surface area contributed by atoms with Crippen LogP contribution in [0, 0.1) is 29.6 Å². The molecule has 6 atom stereocenters. The summed E-state index contributed by atoms with van der Waals surface area (Å²) < 4.78 is 1.44. The zero-order chi connectivity index (χ0) is 30.9. The number of rotatable bonds is 4. The Morgan fingerprint density at radius 2 is 1.74 bits per heavy atom. The second-order valence-electron chi connectivity index (χ2n) is 15.3. The van der Waals surface area contributed by atoms with Crippen molar-refractivity contribution in [2.45, 2.75) is 95.1 Å². The van der Waals surface area contributed by atoms with E-state index in [9.17, 15) is 0 Å². The van der Waals surface area contributed by atoms with Crippen molar-refractivity contribution in [1.29, 1.82) is 0 Å². The molecule has 0 saturated heterocycles. The first-order valence-electron chi connectivity index (χ1n) is 18.9. The molecule has 2 heterocycles. The number of fused-ring (bicyclic) bond motifs is 8. The second-order valence-corrected chi connectivity index (χ2v) is 17.7. The summed E-state index contributed by atoms with van der Waals surface area (Å²) in [6, 6.07) is 9.17. The van der Waals surface area contributed by atoms with Gasteiger partial charge in [0.15, 0.2) is 0 Å². The van der Waals surface area contributed by atoms with E-state index in [2.05, 4.69) is 95.6 Å². The minimum atomic E-state index is 0.551. The SMILES string of the molecule is C1=CCC(C2CCCC=C2N(C2=CC3C4=C(CCC3C=C2)CCC2SC3=C(CCCC3)C42)C2=CCCc3c2sc2ccccc32)C=C1. The first kappa shape index (κ1) is 29.2. The summed E-state index contributed by atoms with van der Waals surface area (Å²) in [4.78, 5) is 6.14. The summed E-state index contributed by atoms with van der Waals surface area (Å²) >= 11 is 4.34. The Bertz CT molecular complexity index is 1870. The number of allylic oxidation sites excluding steroid dienone is 14. The molecule has 1 nitrogen and oxygen atoms in total. The van der Waals surface area contributed by atoms with Gasteiger partial charge in [0.1, 0.15) is 0 Å². The standard InChI is InChI=1S/C44H47NS2/c1-2-11-28(12-3-1)32-13-4-7-17-37(32)45(38-18-10-16-34-33-14-5-8-19-39(33)47-44(34)38)31-25-23-29-21-22-30-24-26-41-43(42(30)36(29)27-31)35-15-6-9-20-40(35)46-41/h1-3,5,8,11,14,17-19,23,25,27-29,32,36,41,43H,4,6-7,9-10,12-13,15-16,20-22,24,26H2. The fourth-order valence-electron chi connectivity index (χ4n) is 10.7. The molecular formula is C44H47NS2. The molecule has 0 radical (unpaired) electrons. The molecule has 1 aliphatic heterocycles. The maximum atomic E-state index is 2.82. The Labute approximate surface area is 289 Å². The normalized spacial score (nSPS) is 32.6. The van der Waals surface area contributed by atoms with Gasteiger partial charge in [-0.15, -0.1) is 23.1 Å². The van der Waals surface area contributed by atoms with E-state index < -0.39 is 0 Å². The van der Waals surface area contributed by atoms with Gasteiger partial charge in [-0.2, -0.15) is 0 Å². The van der Waals surface area contributed by atoms with Gasteiger partial charge in [0.2, 0.25) is 0 Å². The Kier molecular flexibility index (Phi) is 7.45. The lowest BCUT2D eigenvalue weighted by Crippen LogP contribution is -2.36. The van der Waals surface area contributed by atoms with Crippen molar-refractivity contribution in [3.8, 4) is 0 Å². The van der Waals surface area contributed by atoms with Gasteiger partial charge in [-0.3, -0.25) is 0 Å². The molecule has 0 amide bonds. The maximum absolute atomic E-state index is 2.82. The Hall–Kier alpha value is -2.75. The fraction of sp³-hybridized carbons (Fsp3) is 0.455. The Morgan fingerprint density at radius 1 is 0.809 bits per heavy atom. The van der Waals surface area contributed by atoms with E-state index in [-0.39, 0.29) is 0 Å². The smallest absolute Gasteiger partial charge is 0.0593 e. The average Bonchev–Trinajstić information content (AvgIpc) is 3.71. The molecule has 1 aromatic heterocycles. The van der Waals surface area contributed by atoms with Crippen LogP contribution in [0.1, 0.15) is 93.9 Å². The topological polar surface area (TPSA) is 3.24 Å². The molecule has 0 saturated carbocycles. The van der Waals surface area contributed by atoms with Crippen LogP contribution >= 0.6 is 23.1 Å². The van der Waals surface area contributed by atoms with E-state index in [0.29, 0.717) is 29.6 Å². The lowest BCUT2D eigenvalue weighted by Gasteiger charge is -2.45. The number of nitrogens with zero attached hydrogens (tertiary/aromatic N) is 1. The summed E-state index contributed by atoms with van der Waals surface area (Å²) in [6.07, 6.45) is 40.9. The van der Waals surface area contributed by atoms with Gasteiger partial charge in [0.25, 0.3) is 0 Å². The molecule has 8 aliphatic rings. The molecule has 10 rings (SSSR count). The summed E-state index contributed by atoms with van der Waals surface area (Å²) in [5.41, 5.74) is 11.7. The lowest BCUT2D eigenvalue weighted by molar-refractivity contribution is 0.334. The number of hydrogen-bond acceptors (Lipinski definition) is 3. The van der Waals surface area contributed by atoms with E-state index in [4.69, 9.17) is 0 Å². The van der Waals surface area contributed by atoms with Gasteiger partial charge in [0, 0.05) is 39.1 Å². The van der Waals surface area contributed by atoms with Crippen molar-refractivity contribution in [3.63, 3.8) is 0 Å². The molecule has 240 valence electrons. The molecule has 7 aliphatic carbocycles. The van der Waals surface area contributed by atoms with Gasteiger partial charge >= 0.3 is 0 Å². The van der Waals surface area contributed by atoms with E-state index in [1.807, 2.05) is 28.1 Å². The fourth-order valence-corrected chi connectivity index (χ4v) is 13.7. The van der Waals surface area contributed by atoms with Crippen molar-refractivity contribution >= 4 is 38.9 Å². The highest BCUT2D eigenvalue weighted by Gasteiger charge is 2.47. The van der Waals surface area contributed by atoms with E-state index in [1.54, 1.807) is 16.2 Å². The van der Waals surface area contributed by atoms with Gasteiger partial charge in [-0.05, 0) is 130 Å². The third kappa shape index (κ3) is 4.84. The highest BCUT2D eigenvalue weighted by molar-refractivity contribution is 8.04. The maximum Gasteiger partial charge on any atom is 0.0593 e. The van der Waals surface area contributed by atoms with Crippen LogP contribution in [0.15, 0.2) is 112 Å². The van der Waals surface area contributed by atoms with Crippen LogP contribution < -0.4 is 0 Å². The molecule has 0 fully saturated rings. The predicted molar refractivity (Wildman–Crippen MR) is 202 cm³/mol. The molecule has 1 aromatic carbocycles. The summed E-state index contributed by atoms with van der Waals surface area (Å²) in [5, 5.41) is 2.28. The van der Waals surface area contributed by atoms with Crippen LogP contribution in [-0.4, -0.2) is 10.1 Å². The van der Waals surface area contributed by atoms with Crippen LogP contribution in [0.2, 0.25) is 0 Å². The second kappa shape index (κ2) is 12.0. The summed E-state index contributed by atoms with van der Waals surface area (Å²) in [5.74, 6) is 3.05. The molecule has 6 unspecified atom stereocenters. The van der Waals surface area contributed by atoms with Crippen LogP contribution in [0.3, 0.4) is 0 Å².